The Labute approximate surface area is 183 Å². The van der Waals surface area contributed by atoms with Gasteiger partial charge in [-0.05, 0) is 44.9 Å². The highest BCUT2D eigenvalue weighted by Crippen LogP contribution is 2.16. The van der Waals surface area contributed by atoms with Gasteiger partial charge in [-0.25, -0.2) is 4.79 Å². The summed E-state index contributed by atoms with van der Waals surface area (Å²) in [6.07, 6.45) is -0.151. The molecule has 0 unspecified atom stereocenters. The van der Waals surface area contributed by atoms with Crippen molar-refractivity contribution in [1.29, 1.82) is 0 Å². The van der Waals surface area contributed by atoms with Gasteiger partial charge in [-0.15, -0.1) is 0 Å². The van der Waals surface area contributed by atoms with Crippen molar-refractivity contribution in [3.63, 3.8) is 0 Å². The number of amides is 3. The molecule has 3 N–H and O–H groups in total. The number of benzene rings is 2. The molecule has 0 bridgehead atoms. The first kappa shape index (κ1) is 23.9. The zero-order valence-electron chi connectivity index (χ0n) is 18.6. The second-order valence-corrected chi connectivity index (χ2v) is 8.33. The molecule has 7 heteroatoms. The predicted molar refractivity (Wildman–Crippen MR) is 121 cm³/mol. The van der Waals surface area contributed by atoms with Crippen molar-refractivity contribution in [3.05, 3.63) is 65.2 Å². The molecule has 31 heavy (non-hydrogen) atoms. The maximum absolute atomic E-state index is 12.4. The van der Waals surface area contributed by atoms with Crippen molar-refractivity contribution in [2.45, 2.75) is 52.7 Å². The number of alkyl carbamates (subject to hydrolysis) is 1. The molecule has 0 radical (unpaired) electrons. The smallest absolute Gasteiger partial charge is 0.407 e. The fourth-order valence-electron chi connectivity index (χ4n) is 2.87. The first-order chi connectivity index (χ1) is 14.6. The van der Waals surface area contributed by atoms with Crippen LogP contribution in [0.15, 0.2) is 48.5 Å². The van der Waals surface area contributed by atoms with Crippen LogP contribution in [0.25, 0.3) is 0 Å². The number of ether oxygens (including phenoxy) is 1. The van der Waals surface area contributed by atoms with E-state index >= 15 is 0 Å². The van der Waals surface area contributed by atoms with E-state index in [1.54, 1.807) is 26.8 Å². The van der Waals surface area contributed by atoms with Crippen LogP contribution in [-0.4, -0.2) is 30.1 Å². The number of carbonyl (C=O) groups is 3. The number of aryl methyl sites for hydroxylation is 1. The van der Waals surface area contributed by atoms with E-state index in [2.05, 4.69) is 16.0 Å². The van der Waals surface area contributed by atoms with Crippen molar-refractivity contribution < 1.29 is 19.1 Å². The van der Waals surface area contributed by atoms with Crippen LogP contribution in [0.5, 0.6) is 0 Å². The summed E-state index contributed by atoms with van der Waals surface area (Å²) in [5, 5.41) is 8.28. The lowest BCUT2D eigenvalue weighted by atomic mass is 10.1. The standard InChI is InChI=1S/C24H31N3O4/c1-17-8-7-9-18(14-17)15-22(29)27-20-11-6-5-10-19(20)16-26-21(28)12-13-25-23(30)31-24(2,3)4/h5-11,14H,12-13,15-16H2,1-4H3,(H,25,30)(H,26,28)(H,27,29). The molecule has 2 rings (SSSR count). The fraction of sp³-hybridized carbons (Fsp3) is 0.375. The average molecular weight is 426 g/mol. The van der Waals surface area contributed by atoms with E-state index in [9.17, 15) is 14.4 Å². The van der Waals surface area contributed by atoms with Gasteiger partial charge in [0.25, 0.3) is 0 Å². The average Bonchev–Trinajstić information content (AvgIpc) is 2.66. The van der Waals surface area contributed by atoms with Crippen LogP contribution in [0, 0.1) is 6.92 Å². The van der Waals surface area contributed by atoms with E-state index in [4.69, 9.17) is 4.74 Å². The molecule has 2 aromatic carbocycles. The van der Waals surface area contributed by atoms with Gasteiger partial charge in [0, 0.05) is 25.2 Å². The lowest BCUT2D eigenvalue weighted by Crippen LogP contribution is -2.35. The molecule has 166 valence electrons. The Morgan fingerprint density at radius 2 is 1.68 bits per heavy atom. The summed E-state index contributed by atoms with van der Waals surface area (Å²) < 4.78 is 5.13. The summed E-state index contributed by atoms with van der Waals surface area (Å²) >= 11 is 0. The summed E-state index contributed by atoms with van der Waals surface area (Å²) in [4.78, 5) is 36.1. The number of nitrogens with one attached hydrogen (secondary N) is 3. The maximum atomic E-state index is 12.4. The molecule has 0 saturated carbocycles. The van der Waals surface area contributed by atoms with Crippen LogP contribution in [-0.2, 0) is 27.3 Å². The fourth-order valence-corrected chi connectivity index (χ4v) is 2.87. The largest absolute Gasteiger partial charge is 0.444 e. The minimum atomic E-state index is -0.584. The van der Waals surface area contributed by atoms with Gasteiger partial charge in [-0.1, -0.05) is 48.0 Å². The quantitative estimate of drug-likeness (QED) is 0.601. The Hall–Kier alpha value is -3.35. The van der Waals surface area contributed by atoms with E-state index in [0.29, 0.717) is 5.69 Å². The third-order valence-corrected chi connectivity index (χ3v) is 4.23. The molecule has 0 aliphatic heterocycles. The number of para-hydroxylation sites is 1. The number of hydrogen-bond donors (Lipinski definition) is 3. The zero-order valence-corrected chi connectivity index (χ0v) is 18.6. The normalized spacial score (nSPS) is 10.8. The Morgan fingerprint density at radius 3 is 2.39 bits per heavy atom. The molecule has 0 saturated heterocycles. The van der Waals surface area contributed by atoms with Crippen molar-refractivity contribution in [1.82, 2.24) is 10.6 Å². The lowest BCUT2D eigenvalue weighted by Gasteiger charge is -2.19. The van der Waals surface area contributed by atoms with Gasteiger partial charge in [-0.2, -0.15) is 0 Å². The third kappa shape index (κ3) is 9.33. The number of carbonyl (C=O) groups excluding carboxylic acids is 3. The molecular formula is C24H31N3O4. The SMILES string of the molecule is Cc1cccc(CC(=O)Nc2ccccc2CNC(=O)CCNC(=O)OC(C)(C)C)c1. The topological polar surface area (TPSA) is 96.5 Å². The molecular weight excluding hydrogens is 394 g/mol. The van der Waals surface area contributed by atoms with Crippen LogP contribution in [0.4, 0.5) is 10.5 Å². The predicted octanol–water partition coefficient (Wildman–Crippen LogP) is 3.71. The third-order valence-electron chi connectivity index (χ3n) is 4.23. The van der Waals surface area contributed by atoms with Crippen LogP contribution < -0.4 is 16.0 Å². The van der Waals surface area contributed by atoms with Gasteiger partial charge in [0.1, 0.15) is 5.60 Å². The summed E-state index contributed by atoms with van der Waals surface area (Å²) in [6.45, 7) is 7.76. The summed E-state index contributed by atoms with van der Waals surface area (Å²) in [5.74, 6) is -0.331. The molecule has 0 aliphatic rings. The number of rotatable bonds is 8. The zero-order chi connectivity index (χ0) is 22.9. The number of hydrogen-bond acceptors (Lipinski definition) is 4. The Bertz CT molecular complexity index is 919. The Balaban J connectivity index is 1.81. The summed E-state index contributed by atoms with van der Waals surface area (Å²) in [5.41, 5.74) is 2.93. The van der Waals surface area contributed by atoms with E-state index in [1.807, 2.05) is 49.4 Å². The van der Waals surface area contributed by atoms with Crippen molar-refractivity contribution in [2.75, 3.05) is 11.9 Å². The minimum Gasteiger partial charge on any atom is -0.444 e. The van der Waals surface area contributed by atoms with Crippen LogP contribution in [0.1, 0.15) is 43.9 Å². The molecule has 0 atom stereocenters. The van der Waals surface area contributed by atoms with E-state index in [0.717, 1.165) is 16.7 Å². The highest BCUT2D eigenvalue weighted by molar-refractivity contribution is 5.93. The van der Waals surface area contributed by atoms with E-state index in [1.165, 1.54) is 0 Å². The molecule has 0 spiro atoms. The molecule has 7 nitrogen and oxygen atoms in total. The molecule has 0 fully saturated rings. The summed E-state index contributed by atoms with van der Waals surface area (Å²) in [6, 6.07) is 15.2. The van der Waals surface area contributed by atoms with Gasteiger partial charge in [0.05, 0.1) is 6.42 Å². The van der Waals surface area contributed by atoms with Crippen LogP contribution in [0.3, 0.4) is 0 Å². The highest BCUT2D eigenvalue weighted by atomic mass is 16.6. The van der Waals surface area contributed by atoms with Crippen LogP contribution in [0.2, 0.25) is 0 Å². The second kappa shape index (κ2) is 11.2. The van der Waals surface area contributed by atoms with Gasteiger partial charge in [0.15, 0.2) is 0 Å². The first-order valence-electron chi connectivity index (χ1n) is 10.3. The Kier molecular flexibility index (Phi) is 8.61. The Morgan fingerprint density at radius 1 is 0.935 bits per heavy atom. The molecule has 0 aromatic heterocycles. The van der Waals surface area contributed by atoms with E-state index in [-0.39, 0.29) is 37.7 Å². The monoisotopic (exact) mass is 425 g/mol. The highest BCUT2D eigenvalue weighted by Gasteiger charge is 2.16. The molecule has 0 heterocycles. The van der Waals surface area contributed by atoms with Gasteiger partial charge < -0.3 is 20.7 Å². The van der Waals surface area contributed by atoms with Crippen molar-refractivity contribution in [3.8, 4) is 0 Å². The van der Waals surface area contributed by atoms with E-state index < -0.39 is 11.7 Å². The lowest BCUT2D eigenvalue weighted by molar-refractivity contribution is -0.121. The van der Waals surface area contributed by atoms with Crippen molar-refractivity contribution >= 4 is 23.6 Å². The maximum Gasteiger partial charge on any atom is 0.407 e. The van der Waals surface area contributed by atoms with Gasteiger partial charge in [-0.3, -0.25) is 9.59 Å². The molecule has 3 amide bonds. The minimum absolute atomic E-state index is 0.120. The molecule has 2 aromatic rings. The van der Waals surface area contributed by atoms with Gasteiger partial charge in [0.2, 0.25) is 11.8 Å². The second-order valence-electron chi connectivity index (χ2n) is 8.33. The van der Waals surface area contributed by atoms with Crippen LogP contribution >= 0.6 is 0 Å². The summed E-state index contributed by atoms with van der Waals surface area (Å²) in [7, 11) is 0. The number of anilines is 1. The van der Waals surface area contributed by atoms with Crippen molar-refractivity contribution in [2.24, 2.45) is 0 Å². The van der Waals surface area contributed by atoms with Gasteiger partial charge >= 0.3 is 6.09 Å². The first-order valence-corrected chi connectivity index (χ1v) is 10.3. The molecule has 0 aliphatic carbocycles.